The zero-order valence-corrected chi connectivity index (χ0v) is 15.3. The van der Waals surface area contributed by atoms with Gasteiger partial charge in [0.05, 0.1) is 5.92 Å². The van der Waals surface area contributed by atoms with Crippen LogP contribution in [-0.2, 0) is 22.6 Å². The molecule has 1 N–H and O–H groups in total. The fourth-order valence-corrected chi connectivity index (χ4v) is 3.19. The molecule has 148 valence electrons. The number of alkyl halides is 2. The quantitative estimate of drug-likeness (QED) is 0.756. The molecular formula is C21H22F2N2O3. The van der Waals surface area contributed by atoms with Crippen molar-refractivity contribution in [1.29, 1.82) is 0 Å². The fraction of sp³-hybridized carbons (Fsp3) is 0.333. The van der Waals surface area contributed by atoms with Crippen LogP contribution in [0.5, 0.6) is 5.75 Å². The molecule has 1 aliphatic heterocycles. The van der Waals surface area contributed by atoms with Crippen molar-refractivity contribution in [2.75, 3.05) is 13.1 Å². The number of nitrogens with one attached hydrogen (secondary N) is 1. The first-order chi connectivity index (χ1) is 13.5. The lowest BCUT2D eigenvalue weighted by molar-refractivity contribution is -0.129. The van der Waals surface area contributed by atoms with E-state index in [-0.39, 0.29) is 36.4 Å². The summed E-state index contributed by atoms with van der Waals surface area (Å²) in [6.45, 7) is -1.59. The normalized spacial score (nSPS) is 16.5. The number of benzene rings is 2. The highest BCUT2D eigenvalue weighted by molar-refractivity contribution is 5.89. The molecule has 28 heavy (non-hydrogen) atoms. The minimum Gasteiger partial charge on any atom is -0.435 e. The zero-order chi connectivity index (χ0) is 19.9. The molecule has 7 heteroatoms. The Bertz CT molecular complexity index is 797. The molecular weight excluding hydrogens is 366 g/mol. The van der Waals surface area contributed by atoms with E-state index in [4.69, 9.17) is 0 Å². The largest absolute Gasteiger partial charge is 0.435 e. The van der Waals surface area contributed by atoms with Crippen LogP contribution >= 0.6 is 0 Å². The van der Waals surface area contributed by atoms with Gasteiger partial charge < -0.3 is 15.0 Å². The maximum absolute atomic E-state index is 12.4. The van der Waals surface area contributed by atoms with E-state index in [9.17, 15) is 18.4 Å². The third kappa shape index (κ3) is 5.52. The molecule has 1 atom stereocenters. The third-order valence-corrected chi connectivity index (χ3v) is 4.71. The number of carbonyl (C=O) groups is 2. The fourth-order valence-electron chi connectivity index (χ4n) is 3.19. The van der Waals surface area contributed by atoms with E-state index in [1.165, 1.54) is 12.1 Å². The lowest BCUT2D eigenvalue weighted by Gasteiger charge is -2.16. The van der Waals surface area contributed by atoms with Crippen molar-refractivity contribution in [1.82, 2.24) is 10.2 Å². The molecule has 0 saturated carbocycles. The van der Waals surface area contributed by atoms with E-state index in [1.54, 1.807) is 17.0 Å². The molecule has 2 amide bonds. The van der Waals surface area contributed by atoms with Crippen LogP contribution < -0.4 is 10.1 Å². The highest BCUT2D eigenvalue weighted by Crippen LogP contribution is 2.19. The summed E-state index contributed by atoms with van der Waals surface area (Å²) in [6, 6.07) is 16.0. The number of hydrogen-bond acceptors (Lipinski definition) is 3. The number of likely N-dealkylation sites (tertiary alicyclic amines) is 1. The van der Waals surface area contributed by atoms with Crippen LogP contribution in [0, 0.1) is 5.92 Å². The van der Waals surface area contributed by atoms with E-state index in [1.807, 2.05) is 30.3 Å². The van der Waals surface area contributed by atoms with Gasteiger partial charge >= 0.3 is 6.61 Å². The zero-order valence-electron chi connectivity index (χ0n) is 15.3. The van der Waals surface area contributed by atoms with Crippen LogP contribution in [0.4, 0.5) is 8.78 Å². The predicted octanol–water partition coefficient (Wildman–Crippen LogP) is 3.00. The molecule has 5 nitrogen and oxygen atoms in total. The minimum atomic E-state index is -2.87. The van der Waals surface area contributed by atoms with E-state index in [0.29, 0.717) is 13.1 Å². The number of amides is 2. The molecule has 0 unspecified atom stereocenters. The van der Waals surface area contributed by atoms with Crippen molar-refractivity contribution >= 4 is 11.8 Å². The Labute approximate surface area is 162 Å². The van der Waals surface area contributed by atoms with Gasteiger partial charge in [-0.3, -0.25) is 9.59 Å². The third-order valence-electron chi connectivity index (χ3n) is 4.71. The Morgan fingerprint density at radius 3 is 2.50 bits per heavy atom. The predicted molar refractivity (Wildman–Crippen MR) is 99.8 cm³/mol. The number of rotatable bonds is 8. The lowest BCUT2D eigenvalue weighted by Crippen LogP contribution is -2.33. The van der Waals surface area contributed by atoms with Crippen LogP contribution in [0.1, 0.15) is 17.5 Å². The van der Waals surface area contributed by atoms with Crippen LogP contribution in [0.3, 0.4) is 0 Å². The summed E-state index contributed by atoms with van der Waals surface area (Å²) in [4.78, 5) is 26.3. The first-order valence-electron chi connectivity index (χ1n) is 9.14. The second kappa shape index (κ2) is 9.30. The van der Waals surface area contributed by atoms with Crippen molar-refractivity contribution in [2.24, 2.45) is 5.92 Å². The number of hydrogen-bond donors (Lipinski definition) is 1. The van der Waals surface area contributed by atoms with Gasteiger partial charge in [-0.15, -0.1) is 0 Å². The molecule has 3 rings (SSSR count). The number of carbonyl (C=O) groups excluding carboxylic acids is 2. The summed E-state index contributed by atoms with van der Waals surface area (Å²) < 4.78 is 28.6. The average Bonchev–Trinajstić information content (AvgIpc) is 3.07. The molecule has 1 fully saturated rings. The summed E-state index contributed by atoms with van der Waals surface area (Å²) in [5.74, 6) is -0.488. The Morgan fingerprint density at radius 1 is 1.11 bits per heavy atom. The molecule has 0 spiro atoms. The van der Waals surface area contributed by atoms with E-state index >= 15 is 0 Å². The summed E-state index contributed by atoms with van der Waals surface area (Å²) in [5.41, 5.74) is 1.92. The molecule has 0 aromatic heterocycles. The number of halogens is 2. The highest BCUT2D eigenvalue weighted by Gasteiger charge is 2.33. The minimum absolute atomic E-state index is 0.00965. The first-order valence-corrected chi connectivity index (χ1v) is 9.14. The Kier molecular flexibility index (Phi) is 6.57. The van der Waals surface area contributed by atoms with E-state index in [2.05, 4.69) is 10.1 Å². The molecule has 0 bridgehead atoms. The van der Waals surface area contributed by atoms with Gasteiger partial charge in [-0.2, -0.15) is 8.78 Å². The lowest BCUT2D eigenvalue weighted by atomic mass is 10.1. The van der Waals surface area contributed by atoms with Crippen molar-refractivity contribution in [3.05, 3.63) is 65.7 Å². The summed E-state index contributed by atoms with van der Waals surface area (Å²) in [5, 5.41) is 2.81. The topological polar surface area (TPSA) is 58.6 Å². The van der Waals surface area contributed by atoms with Gasteiger partial charge in [0.2, 0.25) is 11.8 Å². The molecule has 1 aliphatic rings. The Hall–Kier alpha value is -2.96. The van der Waals surface area contributed by atoms with E-state index < -0.39 is 6.61 Å². The highest BCUT2D eigenvalue weighted by atomic mass is 19.3. The second-order valence-corrected chi connectivity index (χ2v) is 6.72. The average molecular weight is 388 g/mol. The van der Waals surface area contributed by atoms with Gasteiger partial charge in [0.25, 0.3) is 0 Å². The van der Waals surface area contributed by atoms with Gasteiger partial charge in [0.1, 0.15) is 5.75 Å². The first kappa shape index (κ1) is 19.8. The molecule has 0 radical (unpaired) electrons. The van der Waals surface area contributed by atoms with Crippen molar-refractivity contribution in [2.45, 2.75) is 26.0 Å². The molecule has 0 aliphatic carbocycles. The Balaban J connectivity index is 1.45. The van der Waals surface area contributed by atoms with Crippen molar-refractivity contribution in [3.63, 3.8) is 0 Å². The summed E-state index contributed by atoms with van der Waals surface area (Å²) in [6.07, 6.45) is 0.968. The van der Waals surface area contributed by atoms with Gasteiger partial charge in [0, 0.05) is 26.1 Å². The second-order valence-electron chi connectivity index (χ2n) is 6.72. The van der Waals surface area contributed by atoms with Crippen molar-refractivity contribution in [3.8, 4) is 5.75 Å². The SMILES string of the molecule is O=C(NCc1ccc(OC(F)F)cc1)[C@@H]1CC(=O)N(CCc2ccccc2)C1. The van der Waals surface area contributed by atoms with Crippen LogP contribution in [0.15, 0.2) is 54.6 Å². The summed E-state index contributed by atoms with van der Waals surface area (Å²) in [7, 11) is 0. The molecule has 1 heterocycles. The summed E-state index contributed by atoms with van der Waals surface area (Å²) >= 11 is 0. The molecule has 1 saturated heterocycles. The van der Waals surface area contributed by atoms with Crippen LogP contribution in [0.25, 0.3) is 0 Å². The van der Waals surface area contributed by atoms with Gasteiger partial charge in [-0.05, 0) is 29.7 Å². The van der Waals surface area contributed by atoms with Crippen LogP contribution in [0.2, 0.25) is 0 Å². The van der Waals surface area contributed by atoms with Crippen molar-refractivity contribution < 1.29 is 23.1 Å². The number of ether oxygens (including phenoxy) is 1. The van der Waals surface area contributed by atoms with Gasteiger partial charge in [-0.1, -0.05) is 42.5 Å². The Morgan fingerprint density at radius 2 is 1.82 bits per heavy atom. The van der Waals surface area contributed by atoms with Gasteiger partial charge in [-0.25, -0.2) is 0 Å². The van der Waals surface area contributed by atoms with Gasteiger partial charge in [0.15, 0.2) is 0 Å². The maximum atomic E-state index is 12.4. The molecule has 2 aromatic rings. The maximum Gasteiger partial charge on any atom is 0.387 e. The standard InChI is InChI=1S/C21H22F2N2O3/c22-21(23)28-18-8-6-16(7-9-18)13-24-20(27)17-12-19(26)25(14-17)11-10-15-4-2-1-3-5-15/h1-9,17,21H,10-14H2,(H,24,27)/t17-/m1/s1. The molecule has 2 aromatic carbocycles. The monoisotopic (exact) mass is 388 g/mol. The van der Waals surface area contributed by atoms with E-state index in [0.717, 1.165) is 17.5 Å². The smallest absolute Gasteiger partial charge is 0.387 e. The van der Waals surface area contributed by atoms with Crippen LogP contribution in [-0.4, -0.2) is 36.4 Å². The number of nitrogens with zero attached hydrogens (tertiary/aromatic N) is 1.